The van der Waals surface area contributed by atoms with Crippen molar-refractivity contribution in [1.29, 1.82) is 0 Å². The smallest absolute Gasteiger partial charge is 0.294 e. The average Bonchev–Trinajstić information content (AvgIpc) is 2.86. The molecule has 5 nitrogen and oxygen atoms in total. The maximum atomic E-state index is 5.93. The van der Waals surface area contributed by atoms with Gasteiger partial charge in [-0.25, -0.2) is 0 Å². The van der Waals surface area contributed by atoms with Gasteiger partial charge in [-0.2, -0.15) is 0 Å². The van der Waals surface area contributed by atoms with Crippen LogP contribution in [0, 0.1) is 5.92 Å². The van der Waals surface area contributed by atoms with Crippen molar-refractivity contribution in [2.24, 2.45) is 5.92 Å². The van der Waals surface area contributed by atoms with Crippen molar-refractivity contribution < 1.29 is 9.47 Å². The third-order valence-corrected chi connectivity index (χ3v) is 4.27. The predicted molar refractivity (Wildman–Crippen MR) is 80.1 cm³/mol. The third-order valence-electron chi connectivity index (χ3n) is 3.46. The van der Waals surface area contributed by atoms with Crippen molar-refractivity contribution >= 4 is 11.3 Å². The average molecular weight is 299 g/mol. The van der Waals surface area contributed by atoms with Crippen molar-refractivity contribution in [1.82, 2.24) is 15.5 Å². The van der Waals surface area contributed by atoms with E-state index in [-0.39, 0.29) is 6.10 Å². The molecule has 2 atom stereocenters. The molecule has 0 radical (unpaired) electrons. The summed E-state index contributed by atoms with van der Waals surface area (Å²) in [5.74, 6) is 0.645. The molecule has 1 aliphatic rings. The minimum Gasteiger partial charge on any atom is -0.466 e. The van der Waals surface area contributed by atoms with E-state index in [2.05, 4.69) is 29.4 Å². The molecule has 1 fully saturated rings. The minimum atomic E-state index is 0.220. The molecular weight excluding hydrogens is 274 g/mol. The van der Waals surface area contributed by atoms with Crippen molar-refractivity contribution in [3.63, 3.8) is 0 Å². The number of rotatable bonds is 7. The van der Waals surface area contributed by atoms with E-state index in [9.17, 15) is 0 Å². The lowest BCUT2D eigenvalue weighted by Crippen LogP contribution is -2.29. The maximum Gasteiger partial charge on any atom is 0.294 e. The standard InChI is InChI=1S/C14H25N3O2S/c1-10(2)8-15-9-13-16-17-14(20-13)19-12-6-4-5-11(7-12)18-3/h10-12,15H,4-9H2,1-3H3. The fourth-order valence-electron chi connectivity index (χ4n) is 2.39. The molecule has 0 amide bonds. The van der Waals surface area contributed by atoms with E-state index in [1.165, 1.54) is 11.3 Å². The van der Waals surface area contributed by atoms with E-state index in [1.54, 1.807) is 7.11 Å². The lowest BCUT2D eigenvalue weighted by molar-refractivity contribution is 0.0207. The molecule has 1 aromatic rings. The van der Waals surface area contributed by atoms with Gasteiger partial charge < -0.3 is 14.8 Å². The van der Waals surface area contributed by atoms with Gasteiger partial charge in [-0.05, 0) is 31.7 Å². The summed E-state index contributed by atoms with van der Waals surface area (Å²) >= 11 is 1.54. The molecule has 2 rings (SSSR count). The Bertz CT molecular complexity index is 398. The number of hydrogen-bond donors (Lipinski definition) is 1. The van der Waals surface area contributed by atoms with Gasteiger partial charge >= 0.3 is 0 Å². The Balaban J connectivity index is 1.77. The molecule has 20 heavy (non-hydrogen) atoms. The summed E-state index contributed by atoms with van der Waals surface area (Å²) in [5.41, 5.74) is 0. The van der Waals surface area contributed by atoms with Crippen LogP contribution in [0.1, 0.15) is 44.5 Å². The quantitative estimate of drug-likeness (QED) is 0.839. The molecule has 1 saturated carbocycles. The highest BCUT2D eigenvalue weighted by atomic mass is 32.1. The van der Waals surface area contributed by atoms with Crippen LogP contribution in [0.3, 0.4) is 0 Å². The van der Waals surface area contributed by atoms with Crippen LogP contribution in [0.25, 0.3) is 0 Å². The zero-order valence-corrected chi connectivity index (χ0v) is 13.4. The molecule has 2 unspecified atom stereocenters. The predicted octanol–water partition coefficient (Wildman–Crippen LogP) is 2.62. The first-order valence-electron chi connectivity index (χ1n) is 7.40. The molecule has 1 heterocycles. The first-order valence-corrected chi connectivity index (χ1v) is 8.21. The van der Waals surface area contributed by atoms with Gasteiger partial charge in [0.25, 0.3) is 5.19 Å². The highest BCUT2D eigenvalue weighted by Gasteiger charge is 2.24. The number of hydrogen-bond acceptors (Lipinski definition) is 6. The number of methoxy groups -OCH3 is 1. The molecule has 114 valence electrons. The largest absolute Gasteiger partial charge is 0.466 e. The van der Waals surface area contributed by atoms with Crippen LogP contribution in [-0.4, -0.2) is 36.1 Å². The van der Waals surface area contributed by atoms with Gasteiger partial charge in [-0.3, -0.25) is 0 Å². The molecule has 0 bridgehead atoms. The lowest BCUT2D eigenvalue weighted by Gasteiger charge is -2.27. The summed E-state index contributed by atoms with van der Waals surface area (Å²) in [4.78, 5) is 0. The molecular formula is C14H25N3O2S. The third kappa shape index (κ3) is 5.00. The van der Waals surface area contributed by atoms with Gasteiger partial charge in [0.1, 0.15) is 11.1 Å². The second-order valence-corrected chi connectivity index (χ2v) is 6.78. The molecule has 6 heteroatoms. The van der Waals surface area contributed by atoms with E-state index in [4.69, 9.17) is 9.47 Å². The SMILES string of the molecule is COC1CCCC(Oc2nnc(CNCC(C)C)s2)C1. The Labute approximate surface area is 125 Å². The fourth-order valence-corrected chi connectivity index (χ4v) is 3.11. The minimum absolute atomic E-state index is 0.220. The van der Waals surface area contributed by atoms with Gasteiger partial charge in [0.15, 0.2) is 0 Å². The summed E-state index contributed by atoms with van der Waals surface area (Å²) < 4.78 is 11.3. The maximum absolute atomic E-state index is 5.93. The van der Waals surface area contributed by atoms with Crippen LogP contribution < -0.4 is 10.1 Å². The molecule has 1 aromatic heterocycles. The zero-order chi connectivity index (χ0) is 14.4. The van der Waals surface area contributed by atoms with Crippen LogP contribution in [0.15, 0.2) is 0 Å². The summed E-state index contributed by atoms with van der Waals surface area (Å²) in [6.45, 7) is 6.15. The number of nitrogens with zero attached hydrogens (tertiary/aromatic N) is 2. The molecule has 0 saturated heterocycles. The Kier molecular flexibility index (Phi) is 6.19. The van der Waals surface area contributed by atoms with Crippen molar-refractivity contribution in [2.45, 2.75) is 58.3 Å². The molecule has 0 aromatic carbocycles. The summed E-state index contributed by atoms with van der Waals surface area (Å²) in [6.07, 6.45) is 4.88. The number of nitrogens with one attached hydrogen (secondary N) is 1. The van der Waals surface area contributed by atoms with Crippen LogP contribution in [0.4, 0.5) is 0 Å². The highest BCUT2D eigenvalue weighted by Crippen LogP contribution is 2.27. The monoisotopic (exact) mass is 299 g/mol. The lowest BCUT2D eigenvalue weighted by atomic mass is 9.95. The molecule has 1 aliphatic carbocycles. The van der Waals surface area contributed by atoms with Crippen LogP contribution in [-0.2, 0) is 11.3 Å². The Morgan fingerprint density at radius 3 is 2.85 bits per heavy atom. The zero-order valence-electron chi connectivity index (χ0n) is 12.6. The first-order chi connectivity index (χ1) is 9.67. The van der Waals surface area contributed by atoms with Gasteiger partial charge in [0.05, 0.1) is 6.10 Å². The van der Waals surface area contributed by atoms with Gasteiger partial charge in [-0.15, -0.1) is 5.10 Å². The van der Waals surface area contributed by atoms with Crippen LogP contribution >= 0.6 is 11.3 Å². The second-order valence-electron chi connectivity index (χ2n) is 5.75. The normalized spacial score (nSPS) is 23.2. The second kappa shape index (κ2) is 7.90. The molecule has 1 N–H and O–H groups in total. The van der Waals surface area contributed by atoms with Gasteiger partial charge in [-0.1, -0.05) is 30.3 Å². The van der Waals surface area contributed by atoms with Crippen molar-refractivity contribution in [3.05, 3.63) is 5.01 Å². The summed E-state index contributed by atoms with van der Waals surface area (Å²) in [5, 5.41) is 13.3. The van der Waals surface area contributed by atoms with Crippen molar-refractivity contribution in [3.8, 4) is 5.19 Å². The summed E-state index contributed by atoms with van der Waals surface area (Å²) in [6, 6.07) is 0. The van der Waals surface area contributed by atoms with E-state index in [0.717, 1.165) is 43.8 Å². The molecule has 0 spiro atoms. The van der Waals surface area contributed by atoms with Gasteiger partial charge in [0, 0.05) is 20.1 Å². The van der Waals surface area contributed by atoms with E-state index < -0.39 is 0 Å². The van der Waals surface area contributed by atoms with E-state index in [0.29, 0.717) is 17.2 Å². The number of ether oxygens (including phenoxy) is 2. The Hall–Kier alpha value is -0.720. The van der Waals surface area contributed by atoms with Crippen LogP contribution in [0.2, 0.25) is 0 Å². The number of aromatic nitrogens is 2. The summed E-state index contributed by atoms with van der Waals surface area (Å²) in [7, 11) is 1.77. The van der Waals surface area contributed by atoms with Crippen LogP contribution in [0.5, 0.6) is 5.19 Å². The van der Waals surface area contributed by atoms with Gasteiger partial charge in [0.2, 0.25) is 0 Å². The van der Waals surface area contributed by atoms with E-state index in [1.807, 2.05) is 0 Å². The first kappa shape index (κ1) is 15.7. The highest BCUT2D eigenvalue weighted by molar-refractivity contribution is 7.13. The Morgan fingerprint density at radius 1 is 1.30 bits per heavy atom. The van der Waals surface area contributed by atoms with E-state index >= 15 is 0 Å². The topological polar surface area (TPSA) is 56.3 Å². The fraction of sp³-hybridized carbons (Fsp3) is 0.857. The Morgan fingerprint density at radius 2 is 2.10 bits per heavy atom. The molecule has 0 aliphatic heterocycles. The van der Waals surface area contributed by atoms with Crippen molar-refractivity contribution in [2.75, 3.05) is 13.7 Å².